The average Bonchev–Trinajstić information content (AvgIpc) is 2.46. The highest BCUT2D eigenvalue weighted by atomic mass is 32.2. The molecule has 0 bridgehead atoms. The van der Waals surface area contributed by atoms with Gasteiger partial charge in [0.05, 0.1) is 11.5 Å². The molecule has 0 amide bonds. The van der Waals surface area contributed by atoms with E-state index >= 15 is 0 Å². The largest absolute Gasteiger partial charge is 0.311 e. The molecule has 2 aliphatic rings. The summed E-state index contributed by atoms with van der Waals surface area (Å²) >= 11 is 0. The van der Waals surface area contributed by atoms with E-state index in [-0.39, 0.29) is 0 Å². The van der Waals surface area contributed by atoms with Crippen LogP contribution in [0.5, 0.6) is 0 Å². The van der Waals surface area contributed by atoms with E-state index in [1.807, 2.05) is 0 Å². The Morgan fingerprint density at radius 1 is 1.25 bits per heavy atom. The van der Waals surface area contributed by atoms with E-state index < -0.39 is 9.84 Å². The number of nitrogens with zero attached hydrogens (tertiary/aromatic N) is 1. The van der Waals surface area contributed by atoms with Gasteiger partial charge in [-0.3, -0.25) is 4.90 Å². The van der Waals surface area contributed by atoms with Gasteiger partial charge in [0.2, 0.25) is 0 Å². The maximum Gasteiger partial charge on any atom is 0.150 e. The molecule has 1 N–H and O–H groups in total. The molecule has 0 spiro atoms. The molecule has 0 aromatic rings. The van der Waals surface area contributed by atoms with Gasteiger partial charge in [-0.05, 0) is 25.2 Å². The van der Waals surface area contributed by atoms with Gasteiger partial charge in [0.25, 0.3) is 0 Å². The van der Waals surface area contributed by atoms with Gasteiger partial charge < -0.3 is 5.32 Å². The highest BCUT2D eigenvalue weighted by Gasteiger charge is 2.36. The van der Waals surface area contributed by atoms with Crippen molar-refractivity contribution in [3.63, 3.8) is 0 Å². The fraction of sp³-hybridized carbons (Fsp3) is 1.00. The van der Waals surface area contributed by atoms with Crippen molar-refractivity contribution >= 4 is 9.84 Å². The predicted molar refractivity (Wildman–Crippen MR) is 83.7 cm³/mol. The third-order valence-corrected chi connectivity index (χ3v) is 7.00. The zero-order chi connectivity index (χ0) is 14.8. The van der Waals surface area contributed by atoms with E-state index in [9.17, 15) is 8.42 Å². The van der Waals surface area contributed by atoms with Crippen molar-refractivity contribution in [2.45, 2.75) is 64.6 Å². The molecular formula is C15H30N2O2S. The summed E-state index contributed by atoms with van der Waals surface area (Å²) in [4.78, 5) is 2.61. The number of nitrogens with one attached hydrogen (secondary N) is 1. The zero-order valence-electron chi connectivity index (χ0n) is 13.1. The quantitative estimate of drug-likeness (QED) is 0.858. The first-order valence-corrected chi connectivity index (χ1v) is 9.98. The number of sulfone groups is 1. The van der Waals surface area contributed by atoms with Crippen molar-refractivity contribution in [1.29, 1.82) is 0 Å². The van der Waals surface area contributed by atoms with Gasteiger partial charge in [0.15, 0.2) is 0 Å². The van der Waals surface area contributed by atoms with Crippen LogP contribution in [0.2, 0.25) is 0 Å². The van der Waals surface area contributed by atoms with Crippen LogP contribution in [0.15, 0.2) is 0 Å². The fourth-order valence-corrected chi connectivity index (χ4v) is 5.01. The second-order valence-corrected chi connectivity index (χ2v) is 8.85. The molecule has 5 heteroatoms. The summed E-state index contributed by atoms with van der Waals surface area (Å²) < 4.78 is 23.2. The minimum absolute atomic E-state index is 0.381. The number of hydrogen-bond donors (Lipinski definition) is 1. The summed E-state index contributed by atoms with van der Waals surface area (Å²) in [6.45, 7) is 8.93. The molecule has 0 aromatic heterocycles. The topological polar surface area (TPSA) is 49.4 Å². The average molecular weight is 302 g/mol. The second kappa shape index (κ2) is 6.75. The van der Waals surface area contributed by atoms with E-state index in [2.05, 4.69) is 31.0 Å². The smallest absolute Gasteiger partial charge is 0.150 e. The van der Waals surface area contributed by atoms with Gasteiger partial charge in [-0.25, -0.2) is 8.42 Å². The summed E-state index contributed by atoms with van der Waals surface area (Å²) in [7, 11) is -2.76. The maximum absolute atomic E-state index is 11.6. The normalized spacial score (nSPS) is 34.0. The van der Waals surface area contributed by atoms with Crippen LogP contribution in [-0.2, 0) is 9.84 Å². The Morgan fingerprint density at radius 2 is 1.90 bits per heavy atom. The van der Waals surface area contributed by atoms with Crippen molar-refractivity contribution in [2.75, 3.05) is 24.6 Å². The molecule has 118 valence electrons. The Balaban J connectivity index is 2.02. The molecule has 2 aliphatic heterocycles. The van der Waals surface area contributed by atoms with E-state index in [0.717, 1.165) is 32.4 Å². The molecule has 2 heterocycles. The lowest BCUT2D eigenvalue weighted by Crippen LogP contribution is -2.61. The highest BCUT2D eigenvalue weighted by molar-refractivity contribution is 7.91. The van der Waals surface area contributed by atoms with Gasteiger partial charge in [-0.15, -0.1) is 0 Å². The minimum Gasteiger partial charge on any atom is -0.311 e. The predicted octanol–water partition coefficient (Wildman–Crippen LogP) is 1.66. The summed E-state index contributed by atoms with van der Waals surface area (Å²) in [5, 5.41) is 3.70. The number of rotatable bonds is 4. The first-order valence-electron chi connectivity index (χ1n) is 8.16. The summed E-state index contributed by atoms with van der Waals surface area (Å²) in [5.41, 5.74) is 0. The van der Waals surface area contributed by atoms with Crippen LogP contribution in [0, 0.1) is 5.92 Å². The molecule has 2 rings (SSSR count). The van der Waals surface area contributed by atoms with E-state index in [0.29, 0.717) is 35.5 Å². The molecule has 20 heavy (non-hydrogen) atoms. The van der Waals surface area contributed by atoms with E-state index in [1.54, 1.807) is 0 Å². The third kappa shape index (κ3) is 3.74. The number of hydrogen-bond acceptors (Lipinski definition) is 4. The molecule has 3 atom stereocenters. The summed E-state index contributed by atoms with van der Waals surface area (Å²) in [6.07, 6.45) is 3.99. The first kappa shape index (κ1) is 16.2. The Labute approximate surface area is 124 Å². The molecule has 0 radical (unpaired) electrons. The van der Waals surface area contributed by atoms with Crippen LogP contribution in [0.4, 0.5) is 0 Å². The van der Waals surface area contributed by atoms with Crippen molar-refractivity contribution < 1.29 is 8.42 Å². The minimum atomic E-state index is -2.76. The van der Waals surface area contributed by atoms with Crippen molar-refractivity contribution in [1.82, 2.24) is 10.2 Å². The van der Waals surface area contributed by atoms with Crippen LogP contribution in [0.3, 0.4) is 0 Å². The van der Waals surface area contributed by atoms with Gasteiger partial charge >= 0.3 is 0 Å². The van der Waals surface area contributed by atoms with Gasteiger partial charge in [0.1, 0.15) is 9.84 Å². The molecule has 0 aliphatic carbocycles. The Kier molecular flexibility index (Phi) is 5.49. The molecule has 3 unspecified atom stereocenters. The Morgan fingerprint density at radius 3 is 2.45 bits per heavy atom. The summed E-state index contributed by atoms with van der Waals surface area (Å²) in [5.74, 6) is 1.44. The lowest BCUT2D eigenvalue weighted by Gasteiger charge is -2.47. The van der Waals surface area contributed by atoms with Gasteiger partial charge in [0, 0.05) is 31.2 Å². The third-order valence-electron chi connectivity index (χ3n) is 5.29. The van der Waals surface area contributed by atoms with Gasteiger partial charge in [-0.2, -0.15) is 0 Å². The highest BCUT2D eigenvalue weighted by Crippen LogP contribution is 2.25. The van der Waals surface area contributed by atoms with Crippen LogP contribution in [0.25, 0.3) is 0 Å². The SMILES string of the molecule is CCC(C)C1CN(C2CCS(=O)(=O)CC2)C(CC)CN1. The summed E-state index contributed by atoms with van der Waals surface area (Å²) in [6, 6.07) is 1.60. The van der Waals surface area contributed by atoms with E-state index in [1.165, 1.54) is 6.42 Å². The number of piperazine rings is 1. The van der Waals surface area contributed by atoms with E-state index in [4.69, 9.17) is 0 Å². The molecule has 0 aromatic carbocycles. The van der Waals surface area contributed by atoms with Crippen molar-refractivity contribution in [3.05, 3.63) is 0 Å². The fourth-order valence-electron chi connectivity index (χ4n) is 3.55. The standard InChI is InChI=1S/C15H30N2O2S/c1-4-12(3)15-11-17(13(5-2)10-16-15)14-6-8-20(18,19)9-7-14/h12-16H,4-11H2,1-3H3. The molecule has 4 nitrogen and oxygen atoms in total. The van der Waals surface area contributed by atoms with Crippen LogP contribution < -0.4 is 5.32 Å². The van der Waals surface area contributed by atoms with Crippen LogP contribution in [0.1, 0.15) is 46.5 Å². The Bertz CT molecular complexity index is 396. The van der Waals surface area contributed by atoms with Crippen LogP contribution >= 0.6 is 0 Å². The first-order chi connectivity index (χ1) is 9.46. The van der Waals surface area contributed by atoms with Crippen LogP contribution in [-0.4, -0.2) is 56.0 Å². The molecule has 2 saturated heterocycles. The molecular weight excluding hydrogens is 272 g/mol. The van der Waals surface area contributed by atoms with Crippen molar-refractivity contribution in [2.24, 2.45) is 5.92 Å². The lowest BCUT2D eigenvalue weighted by atomic mass is 9.93. The molecule has 2 fully saturated rings. The van der Waals surface area contributed by atoms with Crippen molar-refractivity contribution in [3.8, 4) is 0 Å². The Hall–Kier alpha value is -0.130. The zero-order valence-corrected chi connectivity index (χ0v) is 14.0. The lowest BCUT2D eigenvalue weighted by molar-refractivity contribution is 0.0594. The monoisotopic (exact) mass is 302 g/mol. The maximum atomic E-state index is 11.6. The second-order valence-electron chi connectivity index (χ2n) is 6.54. The molecule has 0 saturated carbocycles. The van der Waals surface area contributed by atoms with Gasteiger partial charge in [-0.1, -0.05) is 27.2 Å².